The average Bonchev–Trinajstić information content (AvgIpc) is 2.30. The molecule has 0 spiro atoms. The van der Waals surface area contributed by atoms with Crippen molar-refractivity contribution in [2.24, 2.45) is 4.99 Å². The van der Waals surface area contributed by atoms with Crippen molar-refractivity contribution in [1.82, 2.24) is 5.32 Å². The highest BCUT2D eigenvalue weighted by Crippen LogP contribution is 2.12. The summed E-state index contributed by atoms with van der Waals surface area (Å²) < 4.78 is 5.58. The maximum Gasteiger partial charge on any atom is 0.119 e. The van der Waals surface area contributed by atoms with Gasteiger partial charge in [0.25, 0.3) is 0 Å². The van der Waals surface area contributed by atoms with Gasteiger partial charge in [-0.3, -0.25) is 4.99 Å². The van der Waals surface area contributed by atoms with Crippen LogP contribution in [0.5, 0.6) is 5.75 Å². The van der Waals surface area contributed by atoms with Crippen LogP contribution in [0.25, 0.3) is 0 Å². The summed E-state index contributed by atoms with van der Waals surface area (Å²) in [6.45, 7) is 10.0. The maximum atomic E-state index is 5.58. The zero-order chi connectivity index (χ0) is 13.4. The van der Waals surface area contributed by atoms with Crippen LogP contribution in [0.1, 0.15) is 33.3 Å². The van der Waals surface area contributed by atoms with Crippen LogP contribution in [0.15, 0.2) is 29.3 Å². The van der Waals surface area contributed by atoms with Crippen molar-refractivity contribution >= 4 is 6.21 Å². The van der Waals surface area contributed by atoms with E-state index in [1.807, 2.05) is 44.3 Å². The van der Waals surface area contributed by atoms with Crippen molar-refractivity contribution in [3.8, 4) is 5.75 Å². The standard InChI is InChI=1S/C15H24N2O/c1-12(2)17-10-9-16-11-14-5-7-15(8-6-14)18-13(3)4/h5-8,11-13,17H,9-10H2,1-4H3. The van der Waals surface area contributed by atoms with Crippen LogP contribution in [-0.2, 0) is 0 Å². The number of hydrogen-bond donors (Lipinski definition) is 1. The summed E-state index contributed by atoms with van der Waals surface area (Å²) in [6, 6.07) is 8.53. The molecule has 0 saturated carbocycles. The van der Waals surface area contributed by atoms with Crippen LogP contribution >= 0.6 is 0 Å². The van der Waals surface area contributed by atoms with Gasteiger partial charge < -0.3 is 10.1 Å². The Labute approximate surface area is 110 Å². The molecule has 0 heterocycles. The highest BCUT2D eigenvalue weighted by molar-refractivity contribution is 5.79. The zero-order valence-electron chi connectivity index (χ0n) is 11.8. The molecule has 0 bridgehead atoms. The first-order chi connectivity index (χ1) is 8.58. The van der Waals surface area contributed by atoms with Crippen LogP contribution in [0.2, 0.25) is 0 Å². The summed E-state index contributed by atoms with van der Waals surface area (Å²) >= 11 is 0. The number of benzene rings is 1. The van der Waals surface area contributed by atoms with Gasteiger partial charge in [0.05, 0.1) is 12.6 Å². The van der Waals surface area contributed by atoms with Gasteiger partial charge >= 0.3 is 0 Å². The number of aliphatic imine (C=N–C) groups is 1. The molecule has 0 aromatic heterocycles. The zero-order valence-corrected chi connectivity index (χ0v) is 11.8. The lowest BCUT2D eigenvalue weighted by Gasteiger charge is -2.09. The molecule has 0 fully saturated rings. The van der Waals surface area contributed by atoms with E-state index in [1.165, 1.54) is 0 Å². The van der Waals surface area contributed by atoms with Gasteiger partial charge in [0.2, 0.25) is 0 Å². The Morgan fingerprint density at radius 3 is 2.39 bits per heavy atom. The largest absolute Gasteiger partial charge is 0.491 e. The predicted molar refractivity (Wildman–Crippen MR) is 77.8 cm³/mol. The number of nitrogens with zero attached hydrogens (tertiary/aromatic N) is 1. The molecular formula is C15H24N2O. The minimum Gasteiger partial charge on any atom is -0.491 e. The number of nitrogens with one attached hydrogen (secondary N) is 1. The second-order valence-electron chi connectivity index (χ2n) is 4.88. The lowest BCUT2D eigenvalue weighted by Crippen LogP contribution is -2.25. The monoisotopic (exact) mass is 248 g/mol. The van der Waals surface area contributed by atoms with Gasteiger partial charge in [-0.05, 0) is 43.7 Å². The van der Waals surface area contributed by atoms with E-state index in [-0.39, 0.29) is 6.10 Å². The van der Waals surface area contributed by atoms with E-state index < -0.39 is 0 Å². The molecule has 100 valence electrons. The summed E-state index contributed by atoms with van der Waals surface area (Å²) in [5.41, 5.74) is 1.11. The van der Waals surface area contributed by atoms with Crippen molar-refractivity contribution in [3.05, 3.63) is 29.8 Å². The van der Waals surface area contributed by atoms with Crippen molar-refractivity contribution in [2.45, 2.75) is 39.8 Å². The van der Waals surface area contributed by atoms with Gasteiger partial charge in [-0.2, -0.15) is 0 Å². The van der Waals surface area contributed by atoms with E-state index >= 15 is 0 Å². The van der Waals surface area contributed by atoms with E-state index in [1.54, 1.807) is 0 Å². The number of rotatable bonds is 7. The second kappa shape index (κ2) is 7.88. The minimum atomic E-state index is 0.214. The molecule has 0 saturated heterocycles. The predicted octanol–water partition coefficient (Wildman–Crippen LogP) is 2.89. The van der Waals surface area contributed by atoms with Crippen molar-refractivity contribution in [1.29, 1.82) is 0 Å². The molecule has 1 aromatic rings. The molecule has 0 aliphatic carbocycles. The SMILES string of the molecule is CC(C)NCCN=Cc1ccc(OC(C)C)cc1. The molecule has 3 heteroatoms. The summed E-state index contributed by atoms with van der Waals surface area (Å²) in [4.78, 5) is 4.38. The fraction of sp³-hybridized carbons (Fsp3) is 0.533. The van der Waals surface area contributed by atoms with Crippen molar-refractivity contribution in [2.75, 3.05) is 13.1 Å². The van der Waals surface area contributed by atoms with Crippen LogP contribution in [0, 0.1) is 0 Å². The van der Waals surface area contributed by atoms with Gasteiger partial charge in [0.1, 0.15) is 5.75 Å². The molecular weight excluding hydrogens is 224 g/mol. The summed E-state index contributed by atoms with van der Waals surface area (Å²) in [5.74, 6) is 0.906. The fourth-order valence-corrected chi connectivity index (χ4v) is 1.49. The number of ether oxygens (including phenoxy) is 1. The highest BCUT2D eigenvalue weighted by atomic mass is 16.5. The first-order valence-electron chi connectivity index (χ1n) is 6.58. The van der Waals surface area contributed by atoms with Crippen LogP contribution < -0.4 is 10.1 Å². The van der Waals surface area contributed by atoms with Gasteiger partial charge in [0.15, 0.2) is 0 Å². The Bertz CT molecular complexity index is 355. The maximum absolute atomic E-state index is 5.58. The topological polar surface area (TPSA) is 33.6 Å². The highest BCUT2D eigenvalue weighted by Gasteiger charge is 1.96. The molecule has 1 aromatic carbocycles. The normalized spacial score (nSPS) is 11.7. The molecule has 0 amide bonds. The van der Waals surface area contributed by atoms with Gasteiger partial charge in [-0.15, -0.1) is 0 Å². The molecule has 3 nitrogen and oxygen atoms in total. The Morgan fingerprint density at radius 2 is 1.83 bits per heavy atom. The molecule has 1 rings (SSSR count). The van der Waals surface area contributed by atoms with Crippen molar-refractivity contribution < 1.29 is 4.74 Å². The average molecular weight is 248 g/mol. The smallest absolute Gasteiger partial charge is 0.119 e. The Hall–Kier alpha value is -1.35. The molecule has 18 heavy (non-hydrogen) atoms. The first kappa shape index (κ1) is 14.7. The first-order valence-corrected chi connectivity index (χ1v) is 6.58. The van der Waals surface area contributed by atoms with E-state index in [0.29, 0.717) is 6.04 Å². The molecule has 0 radical (unpaired) electrons. The van der Waals surface area contributed by atoms with Gasteiger partial charge in [-0.25, -0.2) is 0 Å². The van der Waals surface area contributed by atoms with E-state index in [0.717, 1.165) is 24.4 Å². The quantitative estimate of drug-likeness (QED) is 0.594. The summed E-state index contributed by atoms with van der Waals surface area (Å²) in [5, 5.41) is 3.33. The minimum absolute atomic E-state index is 0.214. The lowest BCUT2D eigenvalue weighted by atomic mass is 10.2. The summed E-state index contributed by atoms with van der Waals surface area (Å²) in [7, 11) is 0. The second-order valence-corrected chi connectivity index (χ2v) is 4.88. The Kier molecular flexibility index (Phi) is 6.44. The molecule has 0 aliphatic heterocycles. The van der Waals surface area contributed by atoms with Crippen LogP contribution in [-0.4, -0.2) is 31.4 Å². The van der Waals surface area contributed by atoms with Crippen molar-refractivity contribution in [3.63, 3.8) is 0 Å². The van der Waals surface area contributed by atoms with E-state index in [4.69, 9.17) is 4.74 Å². The Morgan fingerprint density at radius 1 is 1.17 bits per heavy atom. The van der Waals surface area contributed by atoms with Crippen LogP contribution in [0.4, 0.5) is 0 Å². The molecule has 0 aliphatic rings. The molecule has 0 atom stereocenters. The number of hydrogen-bond acceptors (Lipinski definition) is 3. The summed E-state index contributed by atoms with van der Waals surface area (Å²) in [6.07, 6.45) is 2.12. The third-order valence-electron chi connectivity index (χ3n) is 2.29. The van der Waals surface area contributed by atoms with E-state index in [9.17, 15) is 0 Å². The van der Waals surface area contributed by atoms with Gasteiger partial charge in [-0.1, -0.05) is 13.8 Å². The van der Waals surface area contributed by atoms with E-state index in [2.05, 4.69) is 24.2 Å². The fourth-order valence-electron chi connectivity index (χ4n) is 1.49. The van der Waals surface area contributed by atoms with Gasteiger partial charge in [0, 0.05) is 18.8 Å². The molecule has 1 N–H and O–H groups in total. The molecule has 0 unspecified atom stereocenters. The third kappa shape index (κ3) is 6.40. The lowest BCUT2D eigenvalue weighted by molar-refractivity contribution is 0.242. The third-order valence-corrected chi connectivity index (χ3v) is 2.29. The van der Waals surface area contributed by atoms with Crippen LogP contribution in [0.3, 0.4) is 0 Å². The Balaban J connectivity index is 2.36.